The van der Waals surface area contributed by atoms with Crippen molar-refractivity contribution in [3.8, 4) is 11.5 Å². The average molecular weight is 378 g/mol. The fourth-order valence-corrected chi connectivity index (χ4v) is 3.63. The summed E-state index contributed by atoms with van der Waals surface area (Å²) in [7, 11) is 0. The van der Waals surface area contributed by atoms with Gasteiger partial charge in [-0.05, 0) is 55.5 Å². The molecule has 1 saturated heterocycles. The van der Waals surface area contributed by atoms with Gasteiger partial charge in [0.1, 0.15) is 11.5 Å². The second-order valence-corrected chi connectivity index (χ2v) is 7.65. The summed E-state index contributed by atoms with van der Waals surface area (Å²) in [6.45, 7) is 1.88. The van der Waals surface area contributed by atoms with Gasteiger partial charge >= 0.3 is 0 Å². The Morgan fingerprint density at radius 3 is 2.32 bits per heavy atom. The molecule has 1 N–H and O–H groups in total. The van der Waals surface area contributed by atoms with E-state index in [9.17, 15) is 9.59 Å². The van der Waals surface area contributed by atoms with E-state index in [-0.39, 0.29) is 23.7 Å². The Kier molecular flexibility index (Phi) is 5.60. The zero-order chi connectivity index (χ0) is 19.3. The molecule has 0 aromatic heterocycles. The Hall–Kier alpha value is -2.82. The fourth-order valence-electron chi connectivity index (χ4n) is 3.63. The highest BCUT2D eigenvalue weighted by atomic mass is 16.5. The molecule has 2 amide bonds. The summed E-state index contributed by atoms with van der Waals surface area (Å²) in [5.41, 5.74) is 1.00. The van der Waals surface area contributed by atoms with Crippen LogP contribution in [0.4, 0.5) is 0 Å². The van der Waals surface area contributed by atoms with Crippen molar-refractivity contribution in [2.24, 2.45) is 11.8 Å². The number of hydrogen-bond acceptors (Lipinski definition) is 3. The van der Waals surface area contributed by atoms with Crippen LogP contribution >= 0.6 is 0 Å². The molecule has 0 atom stereocenters. The van der Waals surface area contributed by atoms with Crippen LogP contribution in [-0.2, 0) is 16.1 Å². The first-order valence-electron chi connectivity index (χ1n) is 10.1. The van der Waals surface area contributed by atoms with Gasteiger partial charge in [-0.3, -0.25) is 9.59 Å². The molecule has 1 heterocycles. The van der Waals surface area contributed by atoms with Crippen molar-refractivity contribution in [2.45, 2.75) is 32.2 Å². The molecule has 1 aliphatic carbocycles. The van der Waals surface area contributed by atoms with Crippen LogP contribution in [0.25, 0.3) is 0 Å². The number of ether oxygens (including phenoxy) is 1. The molecule has 2 aromatic carbocycles. The van der Waals surface area contributed by atoms with Gasteiger partial charge in [0.2, 0.25) is 11.8 Å². The zero-order valence-electron chi connectivity index (χ0n) is 16.0. The van der Waals surface area contributed by atoms with E-state index in [4.69, 9.17) is 4.74 Å². The van der Waals surface area contributed by atoms with Gasteiger partial charge in [0.05, 0.1) is 0 Å². The van der Waals surface area contributed by atoms with Crippen LogP contribution in [0.3, 0.4) is 0 Å². The van der Waals surface area contributed by atoms with E-state index in [2.05, 4.69) is 5.32 Å². The topological polar surface area (TPSA) is 58.6 Å². The Labute approximate surface area is 165 Å². The smallest absolute Gasteiger partial charge is 0.225 e. The SMILES string of the molecule is O=C(NCc1cccc(Oc2ccccc2)c1)C1CCN(C(=O)C2CC2)CC1. The van der Waals surface area contributed by atoms with Gasteiger partial charge in [0.15, 0.2) is 0 Å². The van der Waals surface area contributed by atoms with E-state index >= 15 is 0 Å². The Morgan fingerprint density at radius 2 is 1.61 bits per heavy atom. The highest BCUT2D eigenvalue weighted by molar-refractivity contribution is 5.82. The van der Waals surface area contributed by atoms with Crippen molar-refractivity contribution in [1.82, 2.24) is 10.2 Å². The average Bonchev–Trinajstić information content (AvgIpc) is 3.58. The molecular formula is C23H26N2O3. The number of benzene rings is 2. The number of nitrogens with zero attached hydrogens (tertiary/aromatic N) is 1. The van der Waals surface area contributed by atoms with E-state index in [1.54, 1.807) is 0 Å². The van der Waals surface area contributed by atoms with E-state index in [0.717, 1.165) is 42.7 Å². The van der Waals surface area contributed by atoms with Crippen LogP contribution in [0.1, 0.15) is 31.2 Å². The van der Waals surface area contributed by atoms with Gasteiger partial charge in [-0.25, -0.2) is 0 Å². The van der Waals surface area contributed by atoms with Gasteiger partial charge in [0.25, 0.3) is 0 Å². The molecule has 5 heteroatoms. The van der Waals surface area contributed by atoms with E-state index in [1.807, 2.05) is 59.5 Å². The fraction of sp³-hybridized carbons (Fsp3) is 0.391. The van der Waals surface area contributed by atoms with E-state index in [0.29, 0.717) is 19.6 Å². The normalized spacial score (nSPS) is 17.2. The van der Waals surface area contributed by atoms with E-state index in [1.165, 1.54) is 0 Å². The summed E-state index contributed by atoms with van der Waals surface area (Å²) < 4.78 is 5.85. The number of rotatable bonds is 6. The third-order valence-corrected chi connectivity index (χ3v) is 5.45. The lowest BCUT2D eigenvalue weighted by molar-refractivity contribution is -0.136. The molecule has 2 fully saturated rings. The number of nitrogens with one attached hydrogen (secondary N) is 1. The summed E-state index contributed by atoms with van der Waals surface area (Å²) >= 11 is 0. The van der Waals surface area contributed by atoms with Gasteiger partial charge in [-0.2, -0.15) is 0 Å². The van der Waals surface area contributed by atoms with Crippen LogP contribution in [0.5, 0.6) is 11.5 Å². The van der Waals surface area contributed by atoms with E-state index < -0.39 is 0 Å². The second-order valence-electron chi connectivity index (χ2n) is 7.65. The van der Waals surface area contributed by atoms with Crippen molar-refractivity contribution in [3.05, 3.63) is 60.2 Å². The number of hydrogen-bond donors (Lipinski definition) is 1. The first-order valence-corrected chi connectivity index (χ1v) is 10.1. The number of likely N-dealkylation sites (tertiary alicyclic amines) is 1. The highest BCUT2D eigenvalue weighted by Gasteiger charge is 2.35. The quantitative estimate of drug-likeness (QED) is 0.833. The van der Waals surface area contributed by atoms with Crippen LogP contribution < -0.4 is 10.1 Å². The summed E-state index contributed by atoms with van der Waals surface area (Å²) in [6.07, 6.45) is 3.57. The molecule has 0 spiro atoms. The maximum atomic E-state index is 12.5. The molecular weight excluding hydrogens is 352 g/mol. The van der Waals surface area contributed by atoms with Gasteiger partial charge in [-0.15, -0.1) is 0 Å². The Bertz CT molecular complexity index is 825. The number of amides is 2. The number of para-hydroxylation sites is 1. The third-order valence-electron chi connectivity index (χ3n) is 5.45. The Morgan fingerprint density at radius 1 is 0.893 bits per heavy atom. The lowest BCUT2D eigenvalue weighted by Gasteiger charge is -2.31. The van der Waals surface area contributed by atoms with Crippen molar-refractivity contribution in [2.75, 3.05) is 13.1 Å². The zero-order valence-corrected chi connectivity index (χ0v) is 16.0. The summed E-state index contributed by atoms with van der Waals surface area (Å²) in [5, 5.41) is 3.04. The largest absolute Gasteiger partial charge is 0.457 e. The molecule has 0 bridgehead atoms. The minimum Gasteiger partial charge on any atom is -0.457 e. The lowest BCUT2D eigenvalue weighted by Crippen LogP contribution is -2.43. The maximum Gasteiger partial charge on any atom is 0.225 e. The summed E-state index contributed by atoms with van der Waals surface area (Å²) in [5.74, 6) is 2.16. The lowest BCUT2D eigenvalue weighted by atomic mass is 9.95. The number of carbonyl (C=O) groups excluding carboxylic acids is 2. The Balaban J connectivity index is 1.26. The van der Waals surface area contributed by atoms with Crippen molar-refractivity contribution < 1.29 is 14.3 Å². The minimum atomic E-state index is -0.00740. The molecule has 2 aliphatic rings. The number of carbonyl (C=O) groups is 2. The molecule has 1 saturated carbocycles. The minimum absolute atomic E-state index is 0.00740. The number of piperidine rings is 1. The molecule has 2 aromatic rings. The van der Waals surface area contributed by atoms with Crippen molar-refractivity contribution in [3.63, 3.8) is 0 Å². The predicted molar refractivity (Wildman–Crippen MR) is 107 cm³/mol. The van der Waals surface area contributed by atoms with Crippen LogP contribution in [0.15, 0.2) is 54.6 Å². The third kappa shape index (κ3) is 4.71. The standard InChI is InChI=1S/C23H26N2O3/c26-22(18-11-13-25(14-12-18)23(27)19-9-10-19)24-16-17-5-4-8-21(15-17)28-20-6-2-1-3-7-20/h1-8,15,18-19H,9-14,16H2,(H,24,26). The molecule has 0 unspecified atom stereocenters. The van der Waals surface area contributed by atoms with Gasteiger partial charge < -0.3 is 15.0 Å². The highest BCUT2D eigenvalue weighted by Crippen LogP contribution is 2.32. The first-order chi connectivity index (χ1) is 13.7. The second kappa shape index (κ2) is 8.46. The monoisotopic (exact) mass is 378 g/mol. The molecule has 5 nitrogen and oxygen atoms in total. The summed E-state index contributed by atoms with van der Waals surface area (Å²) in [6, 6.07) is 17.4. The van der Waals surface area contributed by atoms with Crippen LogP contribution in [0, 0.1) is 11.8 Å². The van der Waals surface area contributed by atoms with Gasteiger partial charge in [-0.1, -0.05) is 30.3 Å². The van der Waals surface area contributed by atoms with Crippen molar-refractivity contribution in [1.29, 1.82) is 0 Å². The van der Waals surface area contributed by atoms with Gasteiger partial charge in [0, 0.05) is 31.5 Å². The molecule has 146 valence electrons. The molecule has 0 radical (unpaired) electrons. The first kappa shape index (κ1) is 18.5. The maximum absolute atomic E-state index is 12.5. The van der Waals surface area contributed by atoms with Crippen molar-refractivity contribution >= 4 is 11.8 Å². The predicted octanol–water partition coefficient (Wildman–Crippen LogP) is 3.74. The molecule has 4 rings (SSSR count). The van der Waals surface area contributed by atoms with Crippen LogP contribution in [-0.4, -0.2) is 29.8 Å². The molecule has 28 heavy (non-hydrogen) atoms. The molecule has 1 aliphatic heterocycles. The summed E-state index contributed by atoms with van der Waals surface area (Å²) in [4.78, 5) is 26.6. The van der Waals surface area contributed by atoms with Crippen LogP contribution in [0.2, 0.25) is 0 Å².